The molecule has 1 heterocycles. The van der Waals surface area contributed by atoms with Gasteiger partial charge in [0, 0.05) is 19.1 Å². The number of hydrogen-bond donors (Lipinski definition) is 1. The molecule has 1 saturated heterocycles. The maximum absolute atomic E-state index is 13.9. The average molecular weight is 314 g/mol. The van der Waals surface area contributed by atoms with E-state index in [9.17, 15) is 12.8 Å². The Balaban J connectivity index is 2.27. The van der Waals surface area contributed by atoms with Gasteiger partial charge in [-0.3, -0.25) is 0 Å². The van der Waals surface area contributed by atoms with Crippen LogP contribution < -0.4 is 5.32 Å². The molecular formula is C15H23FN2O2S. The highest BCUT2D eigenvalue weighted by Gasteiger charge is 2.30. The Morgan fingerprint density at radius 1 is 1.38 bits per heavy atom. The molecule has 0 aromatic heterocycles. The number of nitrogens with zero attached hydrogens (tertiary/aromatic N) is 1. The lowest BCUT2D eigenvalue weighted by atomic mass is 10.2. The summed E-state index contributed by atoms with van der Waals surface area (Å²) in [5.74, 6) is -0.501. The van der Waals surface area contributed by atoms with E-state index in [-0.39, 0.29) is 16.9 Å². The molecule has 1 aliphatic heterocycles. The normalized spacial score (nSPS) is 19.6. The molecule has 6 heteroatoms. The number of sulfonamides is 1. The van der Waals surface area contributed by atoms with E-state index in [0.29, 0.717) is 13.1 Å². The topological polar surface area (TPSA) is 49.4 Å². The fourth-order valence-corrected chi connectivity index (χ4v) is 4.34. The van der Waals surface area contributed by atoms with Gasteiger partial charge in [0.15, 0.2) is 0 Å². The van der Waals surface area contributed by atoms with E-state index < -0.39 is 15.8 Å². The van der Waals surface area contributed by atoms with E-state index in [1.807, 2.05) is 13.8 Å². The molecule has 0 spiro atoms. The molecule has 118 valence electrons. The summed E-state index contributed by atoms with van der Waals surface area (Å²) in [6, 6.07) is 5.73. The van der Waals surface area contributed by atoms with Crippen molar-refractivity contribution in [2.45, 2.75) is 37.6 Å². The highest BCUT2D eigenvalue weighted by Crippen LogP contribution is 2.21. The molecule has 21 heavy (non-hydrogen) atoms. The zero-order valence-corrected chi connectivity index (χ0v) is 13.4. The van der Waals surface area contributed by atoms with Gasteiger partial charge in [-0.2, -0.15) is 4.31 Å². The van der Waals surface area contributed by atoms with Crippen LogP contribution in [0, 0.1) is 11.7 Å². The van der Waals surface area contributed by atoms with Gasteiger partial charge in [-0.15, -0.1) is 0 Å². The van der Waals surface area contributed by atoms with Crippen LogP contribution in [-0.2, 0) is 10.0 Å². The van der Waals surface area contributed by atoms with Crippen LogP contribution in [0.3, 0.4) is 0 Å². The third-order valence-corrected chi connectivity index (χ3v) is 5.47. The first-order valence-electron chi connectivity index (χ1n) is 7.39. The lowest BCUT2D eigenvalue weighted by molar-refractivity contribution is 0.335. The summed E-state index contributed by atoms with van der Waals surface area (Å²) in [7, 11) is -3.80. The second-order valence-electron chi connectivity index (χ2n) is 5.94. The molecule has 1 unspecified atom stereocenters. The van der Waals surface area contributed by atoms with Crippen molar-refractivity contribution in [1.82, 2.24) is 9.62 Å². The van der Waals surface area contributed by atoms with Crippen molar-refractivity contribution >= 4 is 10.0 Å². The molecule has 0 amide bonds. The highest BCUT2D eigenvalue weighted by atomic mass is 32.2. The first kappa shape index (κ1) is 16.4. The molecule has 1 aromatic carbocycles. The maximum atomic E-state index is 13.9. The Hall–Kier alpha value is -0.980. The van der Waals surface area contributed by atoms with Gasteiger partial charge in [-0.05, 0) is 37.4 Å². The van der Waals surface area contributed by atoms with Gasteiger partial charge in [0.05, 0.1) is 0 Å². The van der Waals surface area contributed by atoms with E-state index in [0.717, 1.165) is 19.4 Å². The summed E-state index contributed by atoms with van der Waals surface area (Å²) in [4.78, 5) is -0.233. The molecule has 1 fully saturated rings. The first-order chi connectivity index (χ1) is 9.91. The number of hydrogen-bond acceptors (Lipinski definition) is 3. The Morgan fingerprint density at radius 3 is 2.67 bits per heavy atom. The minimum atomic E-state index is -3.80. The van der Waals surface area contributed by atoms with Gasteiger partial charge >= 0.3 is 0 Å². The molecule has 1 aliphatic rings. The third kappa shape index (κ3) is 4.02. The van der Waals surface area contributed by atoms with Crippen molar-refractivity contribution in [2.24, 2.45) is 5.92 Å². The van der Waals surface area contributed by atoms with Crippen molar-refractivity contribution < 1.29 is 12.8 Å². The Bertz CT molecular complexity index is 569. The van der Waals surface area contributed by atoms with Crippen LogP contribution in [0.25, 0.3) is 0 Å². The average Bonchev–Trinajstić information content (AvgIpc) is 2.90. The van der Waals surface area contributed by atoms with Crippen LogP contribution in [0.4, 0.5) is 4.39 Å². The van der Waals surface area contributed by atoms with Crippen molar-refractivity contribution in [2.75, 3.05) is 19.6 Å². The molecule has 2 rings (SSSR count). The quantitative estimate of drug-likeness (QED) is 0.876. The molecule has 0 saturated carbocycles. The molecular weight excluding hydrogens is 291 g/mol. The van der Waals surface area contributed by atoms with Gasteiger partial charge in [-0.1, -0.05) is 26.0 Å². The van der Waals surface area contributed by atoms with Gasteiger partial charge < -0.3 is 5.32 Å². The minimum Gasteiger partial charge on any atom is -0.313 e. The van der Waals surface area contributed by atoms with Crippen molar-refractivity contribution in [1.29, 1.82) is 0 Å². The number of benzene rings is 1. The molecule has 0 radical (unpaired) electrons. The number of nitrogens with one attached hydrogen (secondary N) is 1. The van der Waals surface area contributed by atoms with E-state index in [4.69, 9.17) is 0 Å². The second-order valence-corrected chi connectivity index (χ2v) is 7.85. The Kier molecular flexibility index (Phi) is 5.35. The lowest BCUT2D eigenvalue weighted by Gasteiger charge is -2.27. The highest BCUT2D eigenvalue weighted by molar-refractivity contribution is 7.89. The summed E-state index contributed by atoms with van der Waals surface area (Å²) in [6.45, 7) is 5.64. The summed E-state index contributed by atoms with van der Waals surface area (Å²) in [5.41, 5.74) is 0. The molecule has 0 bridgehead atoms. The molecule has 1 aromatic rings. The minimum absolute atomic E-state index is 0.158. The largest absolute Gasteiger partial charge is 0.313 e. The van der Waals surface area contributed by atoms with Crippen LogP contribution >= 0.6 is 0 Å². The van der Waals surface area contributed by atoms with Gasteiger partial charge in [0.25, 0.3) is 0 Å². The van der Waals surface area contributed by atoms with Crippen molar-refractivity contribution in [3.05, 3.63) is 30.1 Å². The smallest absolute Gasteiger partial charge is 0.246 e. The number of rotatable bonds is 6. The molecule has 0 aliphatic carbocycles. The maximum Gasteiger partial charge on any atom is 0.246 e. The predicted molar refractivity (Wildman–Crippen MR) is 81.0 cm³/mol. The summed E-state index contributed by atoms with van der Waals surface area (Å²) < 4.78 is 40.8. The second kappa shape index (κ2) is 6.85. The monoisotopic (exact) mass is 314 g/mol. The van der Waals surface area contributed by atoms with Crippen LogP contribution in [-0.4, -0.2) is 38.4 Å². The third-order valence-electron chi connectivity index (χ3n) is 3.61. The number of halogens is 1. The fourth-order valence-electron chi connectivity index (χ4n) is 2.63. The molecule has 1 N–H and O–H groups in total. The fraction of sp³-hybridized carbons (Fsp3) is 0.600. The van der Waals surface area contributed by atoms with Crippen molar-refractivity contribution in [3.8, 4) is 0 Å². The van der Waals surface area contributed by atoms with Gasteiger partial charge in [0.2, 0.25) is 10.0 Å². The van der Waals surface area contributed by atoms with E-state index in [1.165, 1.54) is 22.5 Å². The van der Waals surface area contributed by atoms with Crippen LogP contribution in [0.2, 0.25) is 0 Å². The Morgan fingerprint density at radius 2 is 2.10 bits per heavy atom. The Labute approximate surface area is 126 Å². The summed E-state index contributed by atoms with van der Waals surface area (Å²) in [5, 5.41) is 3.30. The first-order valence-corrected chi connectivity index (χ1v) is 8.83. The SMILES string of the molecule is CC(C)CN(CC1CCCN1)S(=O)(=O)c1ccccc1F. The van der Waals surface area contributed by atoms with E-state index in [2.05, 4.69) is 5.32 Å². The zero-order valence-electron chi connectivity index (χ0n) is 12.5. The van der Waals surface area contributed by atoms with E-state index in [1.54, 1.807) is 6.07 Å². The summed E-state index contributed by atoms with van der Waals surface area (Å²) >= 11 is 0. The van der Waals surface area contributed by atoms with Gasteiger partial charge in [-0.25, -0.2) is 12.8 Å². The van der Waals surface area contributed by atoms with Crippen LogP contribution in [0.15, 0.2) is 29.2 Å². The van der Waals surface area contributed by atoms with Crippen molar-refractivity contribution in [3.63, 3.8) is 0 Å². The molecule has 4 nitrogen and oxygen atoms in total. The standard InChI is InChI=1S/C15H23FN2O2S/c1-12(2)10-18(11-13-6-5-9-17-13)21(19,20)15-8-4-3-7-14(15)16/h3-4,7-8,12-13,17H,5-6,9-11H2,1-2H3. The van der Waals surface area contributed by atoms with E-state index >= 15 is 0 Å². The summed E-state index contributed by atoms with van der Waals surface area (Å²) in [6.07, 6.45) is 2.02. The predicted octanol–water partition coefficient (Wildman–Crippen LogP) is 2.22. The van der Waals surface area contributed by atoms with Crippen LogP contribution in [0.5, 0.6) is 0 Å². The zero-order chi connectivity index (χ0) is 15.5. The lowest BCUT2D eigenvalue weighted by Crippen LogP contribution is -2.43. The van der Waals surface area contributed by atoms with Gasteiger partial charge in [0.1, 0.15) is 10.7 Å². The van der Waals surface area contributed by atoms with Crippen LogP contribution in [0.1, 0.15) is 26.7 Å². The molecule has 1 atom stereocenters.